The van der Waals surface area contributed by atoms with Gasteiger partial charge in [-0.2, -0.15) is 5.10 Å². The molecule has 0 aliphatic rings. The lowest BCUT2D eigenvalue weighted by Crippen LogP contribution is -2.41. The monoisotopic (exact) mass is 366 g/mol. The fourth-order valence-corrected chi connectivity index (χ4v) is 2.91. The summed E-state index contributed by atoms with van der Waals surface area (Å²) in [6, 6.07) is 3.55. The van der Waals surface area contributed by atoms with E-state index < -0.39 is 0 Å². The summed E-state index contributed by atoms with van der Waals surface area (Å²) >= 11 is 6.16. The molecule has 0 fully saturated rings. The van der Waals surface area contributed by atoms with Gasteiger partial charge in [-0.3, -0.25) is 9.48 Å². The molecule has 2 aromatic heterocycles. The van der Waals surface area contributed by atoms with E-state index >= 15 is 0 Å². The lowest BCUT2D eigenvalue weighted by atomic mass is 10.3. The van der Waals surface area contributed by atoms with Crippen LogP contribution in [0.4, 0.5) is 0 Å². The summed E-state index contributed by atoms with van der Waals surface area (Å²) in [5.41, 5.74) is 1.67. The van der Waals surface area contributed by atoms with Gasteiger partial charge in [-0.1, -0.05) is 25.4 Å². The topological polar surface area (TPSA) is 63.3 Å². The molecule has 6 nitrogen and oxygen atoms in total. The lowest BCUT2D eigenvalue weighted by Gasteiger charge is -2.23. The fourth-order valence-electron chi connectivity index (χ4n) is 2.77. The van der Waals surface area contributed by atoms with Crippen molar-refractivity contribution in [2.45, 2.75) is 47.2 Å². The Bertz CT molecular complexity index is 719. The molecular formula is C18H27ClN4O2. The molecule has 25 heavy (non-hydrogen) atoms. The number of rotatable bonds is 8. The minimum Gasteiger partial charge on any atom is -0.454 e. The van der Waals surface area contributed by atoms with Gasteiger partial charge in [-0.25, -0.2) is 0 Å². The summed E-state index contributed by atoms with van der Waals surface area (Å²) in [5.74, 6) is 0.787. The minimum atomic E-state index is -0.197. The standard InChI is InChI=1S/C18H27ClN4O2/c1-6-22(7-2)10-12(3)20-18(24)16-9-8-15(25-16)11-23-14(5)17(19)13(4)21-23/h8-9,12H,6-7,10-11H2,1-5H3,(H,20,24). The first-order valence-corrected chi connectivity index (χ1v) is 9.04. The molecule has 1 unspecified atom stereocenters. The molecule has 138 valence electrons. The van der Waals surface area contributed by atoms with Crippen LogP contribution in [0.25, 0.3) is 0 Å². The number of likely N-dealkylation sites (N-methyl/N-ethyl adjacent to an activating group) is 1. The number of aryl methyl sites for hydroxylation is 1. The van der Waals surface area contributed by atoms with Crippen molar-refractivity contribution < 1.29 is 9.21 Å². The Hall–Kier alpha value is -1.79. The summed E-state index contributed by atoms with van der Waals surface area (Å²) < 4.78 is 7.46. The zero-order valence-corrected chi connectivity index (χ0v) is 16.4. The van der Waals surface area contributed by atoms with E-state index in [1.54, 1.807) is 16.8 Å². The Kier molecular flexibility index (Phi) is 6.67. The second-order valence-corrected chi connectivity index (χ2v) is 6.65. The third-order valence-electron chi connectivity index (χ3n) is 4.29. The van der Waals surface area contributed by atoms with Crippen LogP contribution >= 0.6 is 11.6 Å². The van der Waals surface area contributed by atoms with Gasteiger partial charge in [0.15, 0.2) is 5.76 Å². The number of hydrogen-bond donors (Lipinski definition) is 1. The molecular weight excluding hydrogens is 340 g/mol. The summed E-state index contributed by atoms with van der Waals surface area (Å²) in [6.07, 6.45) is 0. The Labute approximate surface area is 154 Å². The first kappa shape index (κ1) is 19.5. The van der Waals surface area contributed by atoms with Gasteiger partial charge in [0, 0.05) is 12.6 Å². The average molecular weight is 367 g/mol. The van der Waals surface area contributed by atoms with Crippen LogP contribution in [-0.4, -0.2) is 46.3 Å². The highest BCUT2D eigenvalue weighted by Crippen LogP contribution is 2.20. The predicted octanol–water partition coefficient (Wildman–Crippen LogP) is 3.25. The Balaban J connectivity index is 1.98. The number of hydrogen-bond acceptors (Lipinski definition) is 4. The van der Waals surface area contributed by atoms with Gasteiger partial charge >= 0.3 is 0 Å². The first-order chi connectivity index (χ1) is 11.8. The van der Waals surface area contributed by atoms with E-state index in [0.29, 0.717) is 23.1 Å². The van der Waals surface area contributed by atoms with Gasteiger partial charge in [0.25, 0.3) is 5.91 Å². The molecule has 2 rings (SSSR count). The summed E-state index contributed by atoms with van der Waals surface area (Å²) in [6.45, 7) is 13.2. The van der Waals surface area contributed by atoms with Crippen molar-refractivity contribution in [3.05, 3.63) is 40.1 Å². The second-order valence-electron chi connectivity index (χ2n) is 6.27. The summed E-state index contributed by atoms with van der Waals surface area (Å²) in [5, 5.41) is 8.02. The Morgan fingerprint density at radius 1 is 1.36 bits per heavy atom. The molecule has 7 heteroatoms. The molecule has 2 aromatic rings. The van der Waals surface area contributed by atoms with Gasteiger partial charge in [0.2, 0.25) is 0 Å². The van der Waals surface area contributed by atoms with Crippen molar-refractivity contribution in [1.82, 2.24) is 20.0 Å². The summed E-state index contributed by atoms with van der Waals surface area (Å²) in [7, 11) is 0. The largest absolute Gasteiger partial charge is 0.454 e. The van der Waals surface area contributed by atoms with Crippen molar-refractivity contribution in [1.29, 1.82) is 0 Å². The smallest absolute Gasteiger partial charge is 0.287 e. The van der Waals surface area contributed by atoms with Crippen molar-refractivity contribution in [2.75, 3.05) is 19.6 Å². The van der Waals surface area contributed by atoms with Crippen LogP contribution in [0.2, 0.25) is 5.02 Å². The van der Waals surface area contributed by atoms with Crippen LogP contribution in [0.3, 0.4) is 0 Å². The van der Waals surface area contributed by atoms with Crippen LogP contribution in [0, 0.1) is 13.8 Å². The summed E-state index contributed by atoms with van der Waals surface area (Å²) in [4.78, 5) is 14.6. The zero-order valence-electron chi connectivity index (χ0n) is 15.6. The molecule has 1 amide bonds. The normalized spacial score (nSPS) is 12.6. The quantitative estimate of drug-likeness (QED) is 0.778. The van der Waals surface area contributed by atoms with E-state index in [-0.39, 0.29) is 11.9 Å². The van der Waals surface area contributed by atoms with Crippen LogP contribution in [-0.2, 0) is 6.54 Å². The molecule has 0 saturated carbocycles. The van der Waals surface area contributed by atoms with Crippen LogP contribution < -0.4 is 5.32 Å². The second kappa shape index (κ2) is 8.54. The first-order valence-electron chi connectivity index (χ1n) is 8.67. The number of halogens is 1. The molecule has 0 aromatic carbocycles. The molecule has 1 atom stereocenters. The van der Waals surface area contributed by atoms with E-state index in [9.17, 15) is 4.79 Å². The van der Waals surface area contributed by atoms with E-state index in [0.717, 1.165) is 31.0 Å². The van der Waals surface area contributed by atoms with E-state index in [2.05, 4.69) is 29.2 Å². The molecule has 0 spiro atoms. The molecule has 1 N–H and O–H groups in total. The predicted molar refractivity (Wildman–Crippen MR) is 99.2 cm³/mol. The van der Waals surface area contributed by atoms with Crippen molar-refractivity contribution in [3.8, 4) is 0 Å². The molecule has 0 aliphatic heterocycles. The van der Waals surface area contributed by atoms with Crippen molar-refractivity contribution in [3.63, 3.8) is 0 Å². The van der Waals surface area contributed by atoms with E-state index in [4.69, 9.17) is 16.0 Å². The Morgan fingerprint density at radius 2 is 2.04 bits per heavy atom. The minimum absolute atomic E-state index is 0.0516. The highest BCUT2D eigenvalue weighted by Gasteiger charge is 2.16. The third kappa shape index (κ3) is 4.86. The van der Waals surface area contributed by atoms with Gasteiger partial charge < -0.3 is 14.6 Å². The molecule has 0 saturated heterocycles. The highest BCUT2D eigenvalue weighted by atomic mass is 35.5. The van der Waals surface area contributed by atoms with Gasteiger partial charge in [-0.05, 0) is 46.0 Å². The SMILES string of the molecule is CCN(CC)CC(C)NC(=O)c1ccc(Cn2nc(C)c(Cl)c2C)o1. The molecule has 0 aliphatic carbocycles. The maximum absolute atomic E-state index is 12.3. The van der Waals surface area contributed by atoms with Crippen molar-refractivity contribution >= 4 is 17.5 Å². The maximum Gasteiger partial charge on any atom is 0.287 e. The van der Waals surface area contributed by atoms with Gasteiger partial charge in [0.1, 0.15) is 5.76 Å². The number of aromatic nitrogens is 2. The zero-order chi connectivity index (χ0) is 18.6. The third-order valence-corrected chi connectivity index (χ3v) is 4.84. The van der Waals surface area contributed by atoms with Crippen molar-refractivity contribution in [2.24, 2.45) is 0 Å². The number of amides is 1. The molecule has 2 heterocycles. The number of carbonyl (C=O) groups excluding carboxylic acids is 1. The fraction of sp³-hybridized carbons (Fsp3) is 0.556. The highest BCUT2D eigenvalue weighted by molar-refractivity contribution is 6.31. The number of carbonyl (C=O) groups is 1. The van der Waals surface area contributed by atoms with E-state index in [1.165, 1.54) is 0 Å². The maximum atomic E-state index is 12.3. The Morgan fingerprint density at radius 3 is 2.60 bits per heavy atom. The molecule has 0 bridgehead atoms. The number of nitrogens with one attached hydrogen (secondary N) is 1. The van der Waals surface area contributed by atoms with Crippen LogP contribution in [0.5, 0.6) is 0 Å². The van der Waals surface area contributed by atoms with E-state index in [1.807, 2.05) is 20.8 Å². The number of furan rings is 1. The number of nitrogens with zero attached hydrogens (tertiary/aromatic N) is 3. The van der Waals surface area contributed by atoms with Crippen LogP contribution in [0.15, 0.2) is 16.5 Å². The van der Waals surface area contributed by atoms with Gasteiger partial charge in [-0.15, -0.1) is 0 Å². The average Bonchev–Trinajstić information content (AvgIpc) is 3.14. The van der Waals surface area contributed by atoms with Crippen LogP contribution in [0.1, 0.15) is 48.5 Å². The molecule has 0 radical (unpaired) electrons. The lowest BCUT2D eigenvalue weighted by molar-refractivity contribution is 0.0900. The van der Waals surface area contributed by atoms with Gasteiger partial charge in [0.05, 0.1) is 23.0 Å².